The second kappa shape index (κ2) is 7.79. The molecular weight excluding hydrogens is 411 g/mol. The summed E-state index contributed by atoms with van der Waals surface area (Å²) in [7, 11) is 0. The van der Waals surface area contributed by atoms with Crippen LogP contribution in [0.4, 0.5) is 15.9 Å². The third-order valence-electron chi connectivity index (χ3n) is 5.81. The molecule has 164 valence electrons. The van der Waals surface area contributed by atoms with E-state index in [9.17, 15) is 4.39 Å². The zero-order chi connectivity index (χ0) is 22.4. The normalized spacial score (nSPS) is 18.5. The molecule has 1 atom stereocenters. The number of aromatic nitrogens is 4. The van der Waals surface area contributed by atoms with Gasteiger partial charge < -0.3 is 9.64 Å². The largest absolute Gasteiger partial charge is 0.377 e. The number of fused-ring (bicyclic) bond motifs is 1. The molecule has 2 N–H and O–H groups in total. The third kappa shape index (κ3) is 3.14. The highest BCUT2D eigenvalue weighted by Crippen LogP contribution is 2.38. The van der Waals surface area contributed by atoms with Crippen molar-refractivity contribution < 1.29 is 9.13 Å². The van der Waals surface area contributed by atoms with E-state index in [1.165, 1.54) is 12.1 Å². The summed E-state index contributed by atoms with van der Waals surface area (Å²) in [5.74, 6) is 1.94. The van der Waals surface area contributed by atoms with Crippen molar-refractivity contribution in [3.8, 4) is 17.3 Å². The molecule has 10 heteroatoms. The van der Waals surface area contributed by atoms with E-state index in [4.69, 9.17) is 20.5 Å². The summed E-state index contributed by atoms with van der Waals surface area (Å²) in [6.07, 6.45) is 5.76. The topological polar surface area (TPSA) is 107 Å². The molecule has 0 spiro atoms. The summed E-state index contributed by atoms with van der Waals surface area (Å²) >= 11 is 0. The van der Waals surface area contributed by atoms with Crippen molar-refractivity contribution in [2.75, 3.05) is 23.0 Å². The number of imidazole rings is 1. The first-order valence-corrected chi connectivity index (χ1v) is 10.5. The zero-order valence-corrected chi connectivity index (χ0v) is 17.8. The zero-order valence-electron chi connectivity index (χ0n) is 17.8. The number of ether oxygens (including phenoxy) is 1. The number of amidine groups is 2. The Balaban J connectivity index is 1.65. The molecule has 9 nitrogen and oxygen atoms in total. The van der Waals surface area contributed by atoms with Crippen molar-refractivity contribution in [2.45, 2.75) is 32.4 Å². The maximum absolute atomic E-state index is 13.4. The standard InChI is InChI=1S/C22H23FN8O/c1-3-17-19(25)30(13(2)24)18-10-27-22(28-21(18)31(17)16-11-32-12-16)29-9-8-26-20(29)14-4-6-15(23)7-5-14/h4-10,16-17,24-25H,3,11-12H2,1-2H3. The van der Waals surface area contributed by atoms with Crippen molar-refractivity contribution in [3.05, 3.63) is 48.7 Å². The molecule has 1 aromatic carbocycles. The molecule has 5 rings (SSSR count). The van der Waals surface area contributed by atoms with E-state index in [-0.39, 0.29) is 23.7 Å². The Hall–Kier alpha value is -3.66. The SMILES string of the molecule is CCC1C(=N)N(C(C)=N)c2cnc(-n3ccnc3-c3ccc(F)cc3)nc2N1C1COC1. The lowest BCUT2D eigenvalue weighted by Crippen LogP contribution is -2.62. The summed E-state index contributed by atoms with van der Waals surface area (Å²) in [4.78, 5) is 17.6. The molecular formula is C22H23FN8O. The highest BCUT2D eigenvalue weighted by atomic mass is 19.1. The van der Waals surface area contributed by atoms with Gasteiger partial charge in [-0.2, -0.15) is 4.98 Å². The van der Waals surface area contributed by atoms with Crippen molar-refractivity contribution in [1.29, 1.82) is 10.8 Å². The first-order chi connectivity index (χ1) is 15.5. The number of anilines is 2. The van der Waals surface area contributed by atoms with Crippen LogP contribution >= 0.6 is 0 Å². The van der Waals surface area contributed by atoms with Crippen LogP contribution < -0.4 is 9.80 Å². The van der Waals surface area contributed by atoms with Gasteiger partial charge in [-0.1, -0.05) is 6.92 Å². The molecule has 32 heavy (non-hydrogen) atoms. The fourth-order valence-electron chi connectivity index (χ4n) is 4.22. The van der Waals surface area contributed by atoms with Crippen LogP contribution in [0.5, 0.6) is 0 Å². The molecule has 2 aliphatic heterocycles. The maximum atomic E-state index is 13.4. The number of rotatable bonds is 4. The molecule has 2 aliphatic rings. The van der Waals surface area contributed by atoms with Crippen LogP contribution in [0.15, 0.2) is 42.9 Å². The van der Waals surface area contributed by atoms with Gasteiger partial charge in [-0.3, -0.25) is 20.3 Å². The minimum atomic E-state index is -0.314. The van der Waals surface area contributed by atoms with Crippen molar-refractivity contribution in [3.63, 3.8) is 0 Å². The van der Waals surface area contributed by atoms with E-state index < -0.39 is 0 Å². The Morgan fingerprint density at radius 3 is 2.59 bits per heavy atom. The Labute approximate surface area is 184 Å². The minimum absolute atomic E-state index is 0.106. The van der Waals surface area contributed by atoms with Gasteiger partial charge in [-0.15, -0.1) is 0 Å². The van der Waals surface area contributed by atoms with Crippen LogP contribution in [0.3, 0.4) is 0 Å². The molecule has 0 amide bonds. The summed E-state index contributed by atoms with van der Waals surface area (Å²) < 4.78 is 20.6. The first kappa shape index (κ1) is 20.3. The Kier molecular flexibility index (Phi) is 4.93. The fourth-order valence-corrected chi connectivity index (χ4v) is 4.22. The lowest BCUT2D eigenvalue weighted by atomic mass is 10.0. The first-order valence-electron chi connectivity index (χ1n) is 10.5. The molecule has 0 bridgehead atoms. The Morgan fingerprint density at radius 2 is 1.97 bits per heavy atom. The van der Waals surface area contributed by atoms with Gasteiger partial charge in [0.15, 0.2) is 5.82 Å². The van der Waals surface area contributed by atoms with Crippen LogP contribution in [0, 0.1) is 16.6 Å². The van der Waals surface area contributed by atoms with Crippen molar-refractivity contribution in [1.82, 2.24) is 19.5 Å². The molecule has 1 fully saturated rings. The van der Waals surface area contributed by atoms with E-state index in [0.29, 0.717) is 48.7 Å². The molecule has 1 saturated heterocycles. The van der Waals surface area contributed by atoms with Gasteiger partial charge in [0.1, 0.15) is 29.0 Å². The molecule has 1 unspecified atom stereocenters. The second-order valence-corrected chi connectivity index (χ2v) is 7.84. The van der Waals surface area contributed by atoms with Crippen LogP contribution in [0.25, 0.3) is 17.3 Å². The van der Waals surface area contributed by atoms with Gasteiger partial charge >= 0.3 is 0 Å². The third-order valence-corrected chi connectivity index (χ3v) is 5.81. The molecule has 3 aromatic rings. The quantitative estimate of drug-likeness (QED) is 0.482. The predicted octanol–water partition coefficient (Wildman–Crippen LogP) is 3.25. The number of hydrogen-bond donors (Lipinski definition) is 2. The highest BCUT2D eigenvalue weighted by molar-refractivity contribution is 6.21. The number of nitrogens with zero attached hydrogens (tertiary/aromatic N) is 6. The number of hydrogen-bond acceptors (Lipinski definition) is 7. The fraction of sp³-hybridized carbons (Fsp3) is 0.318. The van der Waals surface area contributed by atoms with E-state index >= 15 is 0 Å². The molecule has 0 radical (unpaired) electrons. The Morgan fingerprint density at radius 1 is 1.22 bits per heavy atom. The van der Waals surface area contributed by atoms with E-state index in [0.717, 1.165) is 5.56 Å². The lowest BCUT2D eigenvalue weighted by Gasteiger charge is -2.48. The molecule has 4 heterocycles. The predicted molar refractivity (Wildman–Crippen MR) is 119 cm³/mol. The van der Waals surface area contributed by atoms with E-state index in [2.05, 4.69) is 14.9 Å². The maximum Gasteiger partial charge on any atom is 0.237 e. The molecule has 0 aliphatic carbocycles. The highest BCUT2D eigenvalue weighted by Gasteiger charge is 2.42. The number of benzene rings is 1. The van der Waals surface area contributed by atoms with Crippen LogP contribution in [-0.2, 0) is 4.74 Å². The number of nitrogens with one attached hydrogen (secondary N) is 2. The van der Waals surface area contributed by atoms with Crippen molar-refractivity contribution in [2.24, 2.45) is 0 Å². The van der Waals surface area contributed by atoms with Gasteiger partial charge in [0.05, 0.1) is 31.5 Å². The van der Waals surface area contributed by atoms with Gasteiger partial charge in [0.2, 0.25) is 5.95 Å². The molecule has 2 aromatic heterocycles. The average molecular weight is 434 g/mol. The van der Waals surface area contributed by atoms with Crippen molar-refractivity contribution >= 4 is 23.2 Å². The van der Waals surface area contributed by atoms with E-state index in [1.54, 1.807) is 47.1 Å². The van der Waals surface area contributed by atoms with Gasteiger partial charge in [0.25, 0.3) is 0 Å². The molecule has 0 saturated carbocycles. The summed E-state index contributed by atoms with van der Waals surface area (Å²) in [6, 6.07) is 6.00. The van der Waals surface area contributed by atoms with Crippen LogP contribution in [0.2, 0.25) is 0 Å². The minimum Gasteiger partial charge on any atom is -0.377 e. The van der Waals surface area contributed by atoms with Crippen LogP contribution in [-0.4, -0.2) is 56.5 Å². The summed E-state index contributed by atoms with van der Waals surface area (Å²) in [5.41, 5.74) is 1.35. The summed E-state index contributed by atoms with van der Waals surface area (Å²) in [6.45, 7) is 4.82. The smallest absolute Gasteiger partial charge is 0.237 e. The van der Waals surface area contributed by atoms with Gasteiger partial charge in [-0.05, 0) is 37.6 Å². The Bertz CT molecular complexity index is 1190. The van der Waals surface area contributed by atoms with Crippen LogP contribution in [0.1, 0.15) is 20.3 Å². The van der Waals surface area contributed by atoms with Gasteiger partial charge in [0, 0.05) is 18.0 Å². The van der Waals surface area contributed by atoms with E-state index in [1.807, 2.05) is 6.92 Å². The lowest BCUT2D eigenvalue weighted by molar-refractivity contribution is 0.00606. The second-order valence-electron chi connectivity index (χ2n) is 7.84. The number of halogens is 1. The van der Waals surface area contributed by atoms with Gasteiger partial charge in [-0.25, -0.2) is 14.4 Å². The summed E-state index contributed by atoms with van der Waals surface area (Å²) in [5, 5.41) is 17.0. The average Bonchev–Trinajstić information content (AvgIpc) is 3.22. The monoisotopic (exact) mass is 434 g/mol.